The highest BCUT2D eigenvalue weighted by atomic mass is 16.5. The fraction of sp³-hybridized carbons (Fsp3) is 0.579. The number of ether oxygens (including phenoxy) is 1. The van der Waals surface area contributed by atoms with Gasteiger partial charge in [-0.15, -0.1) is 10.2 Å². The highest BCUT2D eigenvalue weighted by molar-refractivity contribution is 5.86. The lowest BCUT2D eigenvalue weighted by Gasteiger charge is -2.26. The summed E-state index contributed by atoms with van der Waals surface area (Å²) in [7, 11) is 3.47. The quantitative estimate of drug-likeness (QED) is 0.351. The first-order valence-electron chi connectivity index (χ1n) is 9.94. The summed E-state index contributed by atoms with van der Waals surface area (Å²) in [5.74, 6) is 1.32. The van der Waals surface area contributed by atoms with Crippen LogP contribution in [0.3, 0.4) is 0 Å². The lowest BCUT2D eigenvalue weighted by Crippen LogP contribution is -2.44. The molecule has 29 heavy (non-hydrogen) atoms. The third-order valence-electron chi connectivity index (χ3n) is 4.72. The Labute approximate surface area is 170 Å². The molecule has 2 N–H and O–H groups in total. The van der Waals surface area contributed by atoms with Crippen LogP contribution in [-0.4, -0.2) is 96.3 Å². The minimum absolute atomic E-state index is 0.0132. The second kappa shape index (κ2) is 10.7. The molecule has 158 valence electrons. The number of hydrogen-bond acceptors (Lipinski definition) is 6. The zero-order valence-electron chi connectivity index (χ0n) is 17.2. The number of aromatic nitrogens is 3. The van der Waals surface area contributed by atoms with Crippen molar-refractivity contribution in [2.45, 2.75) is 13.0 Å². The molecule has 2 aromatic rings. The number of carbonyl (C=O) groups is 1. The van der Waals surface area contributed by atoms with Gasteiger partial charge >= 0.3 is 0 Å². The van der Waals surface area contributed by atoms with Gasteiger partial charge in [-0.1, -0.05) is 6.07 Å². The van der Waals surface area contributed by atoms with Crippen LogP contribution in [0.2, 0.25) is 0 Å². The molecule has 0 unspecified atom stereocenters. The van der Waals surface area contributed by atoms with Gasteiger partial charge in [-0.05, 0) is 25.1 Å². The molecule has 0 bridgehead atoms. The van der Waals surface area contributed by atoms with Gasteiger partial charge in [-0.3, -0.25) is 14.1 Å². The number of nitrogens with one attached hydrogen (secondary N) is 2. The van der Waals surface area contributed by atoms with Crippen molar-refractivity contribution in [3.63, 3.8) is 0 Å². The molecule has 1 saturated heterocycles. The zero-order valence-corrected chi connectivity index (χ0v) is 17.2. The summed E-state index contributed by atoms with van der Waals surface area (Å²) < 4.78 is 7.29. The fourth-order valence-corrected chi connectivity index (χ4v) is 2.97. The molecule has 0 spiro atoms. The summed E-state index contributed by atoms with van der Waals surface area (Å²) in [5, 5.41) is 14.8. The number of carbonyl (C=O) groups excluding carboxylic acids is 1. The van der Waals surface area contributed by atoms with Crippen LogP contribution in [0.5, 0.6) is 0 Å². The topological polar surface area (TPSA) is 99.4 Å². The normalized spacial score (nSPS) is 15.4. The molecule has 0 aromatic carbocycles. The second-order valence-corrected chi connectivity index (χ2v) is 7.09. The SMILES string of the molecule is CN(C)C(=O)CNC(=NCc1nnc2ccccn12)NCCCN1CCOCC1. The van der Waals surface area contributed by atoms with E-state index in [9.17, 15) is 4.79 Å². The molecular weight excluding hydrogens is 372 g/mol. The van der Waals surface area contributed by atoms with Crippen LogP contribution in [0.4, 0.5) is 0 Å². The number of amides is 1. The lowest BCUT2D eigenvalue weighted by atomic mass is 10.3. The van der Waals surface area contributed by atoms with E-state index in [4.69, 9.17) is 4.74 Å². The van der Waals surface area contributed by atoms with Crippen molar-refractivity contribution >= 4 is 17.5 Å². The van der Waals surface area contributed by atoms with Gasteiger partial charge in [-0.25, -0.2) is 4.99 Å². The minimum Gasteiger partial charge on any atom is -0.379 e. The lowest BCUT2D eigenvalue weighted by molar-refractivity contribution is -0.127. The number of guanidine groups is 1. The summed E-state index contributed by atoms with van der Waals surface area (Å²) in [4.78, 5) is 20.5. The Morgan fingerprint density at radius 1 is 1.24 bits per heavy atom. The first-order chi connectivity index (χ1) is 14.1. The third-order valence-corrected chi connectivity index (χ3v) is 4.72. The highest BCUT2D eigenvalue weighted by Gasteiger charge is 2.10. The minimum atomic E-state index is -0.0132. The van der Waals surface area contributed by atoms with Crippen molar-refractivity contribution in [2.75, 3.05) is 60.0 Å². The Morgan fingerprint density at radius 2 is 2.07 bits per heavy atom. The van der Waals surface area contributed by atoms with Gasteiger partial charge in [0.25, 0.3) is 0 Å². The van der Waals surface area contributed by atoms with Crippen molar-refractivity contribution in [1.29, 1.82) is 0 Å². The molecule has 10 heteroatoms. The summed E-state index contributed by atoms with van der Waals surface area (Å²) in [6.07, 6.45) is 2.90. The summed E-state index contributed by atoms with van der Waals surface area (Å²) in [6.45, 7) is 5.90. The summed E-state index contributed by atoms with van der Waals surface area (Å²) >= 11 is 0. The van der Waals surface area contributed by atoms with Gasteiger partial charge in [0.15, 0.2) is 17.4 Å². The van der Waals surface area contributed by atoms with Gasteiger partial charge in [0.1, 0.15) is 6.54 Å². The van der Waals surface area contributed by atoms with Crippen LogP contribution in [-0.2, 0) is 16.1 Å². The predicted molar refractivity (Wildman–Crippen MR) is 111 cm³/mol. The fourth-order valence-electron chi connectivity index (χ4n) is 2.97. The monoisotopic (exact) mass is 402 g/mol. The molecule has 0 radical (unpaired) electrons. The Bertz CT molecular complexity index is 813. The van der Waals surface area contributed by atoms with Crippen LogP contribution in [0, 0.1) is 0 Å². The van der Waals surface area contributed by atoms with E-state index in [0.717, 1.165) is 57.3 Å². The average molecular weight is 403 g/mol. The van der Waals surface area contributed by atoms with Crippen molar-refractivity contribution in [2.24, 2.45) is 4.99 Å². The first kappa shape index (κ1) is 21.0. The first-order valence-corrected chi connectivity index (χ1v) is 9.94. The van der Waals surface area contributed by atoms with Crippen LogP contribution >= 0.6 is 0 Å². The number of aliphatic imine (C=N–C) groups is 1. The second-order valence-electron chi connectivity index (χ2n) is 7.09. The summed E-state index contributed by atoms with van der Waals surface area (Å²) in [5.41, 5.74) is 0.786. The van der Waals surface area contributed by atoms with Crippen LogP contribution in [0.15, 0.2) is 29.4 Å². The molecule has 3 heterocycles. The maximum atomic E-state index is 11.9. The molecule has 1 aliphatic rings. The van der Waals surface area contributed by atoms with E-state index >= 15 is 0 Å². The van der Waals surface area contributed by atoms with Crippen molar-refractivity contribution in [1.82, 2.24) is 35.0 Å². The number of rotatable bonds is 8. The van der Waals surface area contributed by atoms with Crippen LogP contribution in [0.25, 0.3) is 5.65 Å². The van der Waals surface area contributed by atoms with Crippen molar-refractivity contribution in [3.05, 3.63) is 30.2 Å². The molecule has 1 amide bonds. The Hall–Kier alpha value is -2.72. The molecule has 0 aliphatic carbocycles. The van der Waals surface area contributed by atoms with Gasteiger partial charge in [0, 0.05) is 39.9 Å². The van der Waals surface area contributed by atoms with Crippen LogP contribution in [0.1, 0.15) is 12.2 Å². The van der Waals surface area contributed by atoms with E-state index in [1.807, 2.05) is 28.8 Å². The number of morpholine rings is 1. The number of hydrogen-bond donors (Lipinski definition) is 2. The van der Waals surface area contributed by atoms with E-state index in [-0.39, 0.29) is 12.5 Å². The summed E-state index contributed by atoms with van der Waals surface area (Å²) in [6, 6.07) is 5.76. The van der Waals surface area contributed by atoms with Gasteiger partial charge in [0.2, 0.25) is 5.91 Å². The van der Waals surface area contributed by atoms with Crippen molar-refractivity contribution < 1.29 is 9.53 Å². The number of pyridine rings is 1. The Kier molecular flexibility index (Phi) is 7.77. The molecule has 0 saturated carbocycles. The maximum absolute atomic E-state index is 11.9. The molecule has 3 rings (SSSR count). The molecular formula is C19H30N8O2. The maximum Gasteiger partial charge on any atom is 0.241 e. The third kappa shape index (κ3) is 6.40. The van der Waals surface area contributed by atoms with E-state index in [0.29, 0.717) is 12.5 Å². The van der Waals surface area contributed by atoms with Gasteiger partial charge in [0.05, 0.1) is 19.8 Å². The van der Waals surface area contributed by atoms with Gasteiger partial charge < -0.3 is 20.3 Å². The zero-order chi connectivity index (χ0) is 20.5. The number of likely N-dealkylation sites (N-methyl/N-ethyl adjacent to an activating group) is 1. The smallest absolute Gasteiger partial charge is 0.241 e. The van der Waals surface area contributed by atoms with E-state index < -0.39 is 0 Å². The number of fused-ring (bicyclic) bond motifs is 1. The molecule has 1 fully saturated rings. The molecule has 0 atom stereocenters. The Balaban J connectivity index is 1.55. The van der Waals surface area contributed by atoms with Crippen molar-refractivity contribution in [3.8, 4) is 0 Å². The van der Waals surface area contributed by atoms with Crippen LogP contribution < -0.4 is 10.6 Å². The number of nitrogens with zero attached hydrogens (tertiary/aromatic N) is 6. The molecule has 1 aliphatic heterocycles. The Morgan fingerprint density at radius 3 is 2.86 bits per heavy atom. The van der Waals surface area contributed by atoms with E-state index in [2.05, 4.69) is 30.7 Å². The van der Waals surface area contributed by atoms with Gasteiger partial charge in [-0.2, -0.15) is 0 Å². The largest absolute Gasteiger partial charge is 0.379 e. The molecule has 2 aromatic heterocycles. The standard InChI is InChI=1S/C19H30N8O2/c1-25(2)18(28)15-22-19(20-7-5-8-26-10-12-29-13-11-26)21-14-17-24-23-16-6-3-4-9-27(16)17/h3-4,6,9H,5,7-8,10-15H2,1-2H3,(H2,20,21,22). The van der Waals surface area contributed by atoms with E-state index in [1.165, 1.54) is 0 Å². The highest BCUT2D eigenvalue weighted by Crippen LogP contribution is 2.04. The average Bonchev–Trinajstić information content (AvgIpc) is 3.16. The molecule has 10 nitrogen and oxygen atoms in total. The predicted octanol–water partition coefficient (Wildman–Crippen LogP) is -0.425. The van der Waals surface area contributed by atoms with E-state index in [1.54, 1.807) is 19.0 Å².